The highest BCUT2D eigenvalue weighted by Crippen LogP contribution is 2.28. The fraction of sp³-hybridized carbons (Fsp3) is 0.400. The van der Waals surface area contributed by atoms with Crippen molar-refractivity contribution in [3.8, 4) is 0 Å². The van der Waals surface area contributed by atoms with Crippen molar-refractivity contribution in [2.24, 2.45) is 12.8 Å². The lowest BCUT2D eigenvalue weighted by atomic mass is 10.3. The first-order valence-electron chi connectivity index (χ1n) is 5.13. The average molecular weight is 312 g/mol. The molecular weight excluding hydrogens is 297 g/mol. The van der Waals surface area contributed by atoms with Gasteiger partial charge in [-0.15, -0.1) is 0 Å². The lowest BCUT2D eigenvalue weighted by Gasteiger charge is -1.98. The molecule has 0 bridgehead atoms. The molecule has 11 heteroatoms. The Morgan fingerprint density at radius 1 is 1.29 bits per heavy atom. The van der Waals surface area contributed by atoms with Gasteiger partial charge in [0, 0.05) is 20.9 Å². The van der Waals surface area contributed by atoms with Crippen LogP contribution in [0.3, 0.4) is 0 Å². The minimum atomic E-state index is -4.49. The molecular formula is C10H15F3N4O4. The largest absolute Gasteiger partial charge is 0.481 e. The molecule has 0 saturated heterocycles. The van der Waals surface area contributed by atoms with E-state index >= 15 is 0 Å². The number of alkyl halides is 3. The highest BCUT2D eigenvalue weighted by atomic mass is 19.4. The standard InChI is InChI=1S/C6H7F3N4.2C2H4O2/c1-13-3(5(10)11)2-4(12-13)6(7,8)9;2*1-2(3)4/h2H,1H3,(H3,10,11);2*1H3,(H,3,4). The van der Waals surface area contributed by atoms with E-state index in [0.717, 1.165) is 24.6 Å². The van der Waals surface area contributed by atoms with Crippen LogP contribution in [0, 0.1) is 5.41 Å². The van der Waals surface area contributed by atoms with Gasteiger partial charge < -0.3 is 15.9 Å². The Labute approximate surface area is 117 Å². The van der Waals surface area contributed by atoms with Crippen molar-refractivity contribution in [1.82, 2.24) is 9.78 Å². The van der Waals surface area contributed by atoms with Crippen molar-refractivity contribution >= 4 is 17.8 Å². The van der Waals surface area contributed by atoms with Crippen molar-refractivity contribution in [2.45, 2.75) is 20.0 Å². The van der Waals surface area contributed by atoms with Gasteiger partial charge in [0.2, 0.25) is 0 Å². The number of nitrogens with one attached hydrogen (secondary N) is 1. The lowest BCUT2D eigenvalue weighted by molar-refractivity contribution is -0.141. The first-order chi connectivity index (χ1) is 9.28. The molecule has 0 amide bonds. The van der Waals surface area contributed by atoms with E-state index < -0.39 is 29.6 Å². The number of halogens is 3. The fourth-order valence-corrected chi connectivity index (χ4v) is 0.858. The topological polar surface area (TPSA) is 142 Å². The minimum absolute atomic E-state index is 0.0488. The van der Waals surface area contributed by atoms with Gasteiger partial charge in [-0.2, -0.15) is 18.3 Å². The predicted molar refractivity (Wildman–Crippen MR) is 65.8 cm³/mol. The number of aliphatic carboxylic acids is 2. The van der Waals surface area contributed by atoms with E-state index in [1.54, 1.807) is 0 Å². The zero-order chi connectivity index (χ0) is 17.4. The predicted octanol–water partition coefficient (Wildman–Crippen LogP) is 0.905. The van der Waals surface area contributed by atoms with Crippen LogP contribution in [0.2, 0.25) is 0 Å². The number of nitrogen functional groups attached to an aromatic ring is 1. The number of carboxylic acids is 2. The first kappa shape index (κ1) is 20.7. The Kier molecular flexibility index (Phi) is 8.44. The smallest absolute Gasteiger partial charge is 0.435 e. The Morgan fingerprint density at radius 3 is 1.76 bits per heavy atom. The van der Waals surface area contributed by atoms with Gasteiger partial charge in [0.15, 0.2) is 5.69 Å². The molecule has 1 aromatic heterocycles. The number of carboxylic acid groups (broad SMARTS) is 2. The molecule has 0 fully saturated rings. The van der Waals surface area contributed by atoms with Gasteiger partial charge in [-0.3, -0.25) is 19.7 Å². The summed E-state index contributed by atoms with van der Waals surface area (Å²) in [5, 5.41) is 25.0. The van der Waals surface area contributed by atoms with Gasteiger partial charge in [-0.25, -0.2) is 0 Å². The summed E-state index contributed by atoms with van der Waals surface area (Å²) in [6.07, 6.45) is -4.49. The SMILES string of the molecule is CC(=O)O.CC(=O)O.Cn1nc(C(F)(F)F)cc1C(=N)N. The van der Waals surface area contributed by atoms with E-state index in [2.05, 4.69) is 5.10 Å². The van der Waals surface area contributed by atoms with Crippen LogP contribution in [-0.2, 0) is 22.8 Å². The van der Waals surface area contributed by atoms with Gasteiger partial charge in [0.25, 0.3) is 11.9 Å². The second-order valence-electron chi connectivity index (χ2n) is 3.49. The molecule has 8 nitrogen and oxygen atoms in total. The van der Waals surface area contributed by atoms with E-state index in [1.165, 1.54) is 7.05 Å². The molecule has 5 N–H and O–H groups in total. The van der Waals surface area contributed by atoms with Crippen LogP contribution >= 0.6 is 0 Å². The van der Waals surface area contributed by atoms with Gasteiger partial charge in [0.1, 0.15) is 11.5 Å². The van der Waals surface area contributed by atoms with Crippen molar-refractivity contribution in [1.29, 1.82) is 5.41 Å². The molecule has 0 aliphatic heterocycles. The van der Waals surface area contributed by atoms with E-state index in [0.29, 0.717) is 0 Å². The molecule has 1 rings (SSSR count). The van der Waals surface area contributed by atoms with E-state index in [-0.39, 0.29) is 5.69 Å². The monoisotopic (exact) mass is 312 g/mol. The van der Waals surface area contributed by atoms with Crippen molar-refractivity contribution in [3.63, 3.8) is 0 Å². The number of aromatic nitrogens is 2. The maximum Gasteiger partial charge on any atom is 0.435 e. The number of rotatable bonds is 1. The summed E-state index contributed by atoms with van der Waals surface area (Å²) in [6, 6.07) is 0.738. The molecule has 120 valence electrons. The molecule has 0 aromatic carbocycles. The van der Waals surface area contributed by atoms with Gasteiger partial charge >= 0.3 is 6.18 Å². The Hall–Kier alpha value is -2.59. The summed E-state index contributed by atoms with van der Waals surface area (Å²) in [4.78, 5) is 18.0. The number of aryl methyl sites for hydroxylation is 1. The average Bonchev–Trinajstić information content (AvgIpc) is 2.57. The van der Waals surface area contributed by atoms with Gasteiger partial charge in [-0.1, -0.05) is 0 Å². The zero-order valence-electron chi connectivity index (χ0n) is 11.4. The maximum atomic E-state index is 12.1. The second kappa shape index (κ2) is 8.55. The minimum Gasteiger partial charge on any atom is -0.481 e. The number of nitrogens with zero attached hydrogens (tertiary/aromatic N) is 2. The number of nitrogens with two attached hydrogens (primary N) is 1. The van der Waals surface area contributed by atoms with Crippen LogP contribution in [0.25, 0.3) is 0 Å². The van der Waals surface area contributed by atoms with Gasteiger partial charge in [0.05, 0.1) is 0 Å². The normalized spacial score (nSPS) is 9.62. The Balaban J connectivity index is 0. The quantitative estimate of drug-likeness (QED) is 0.448. The molecule has 0 unspecified atom stereocenters. The Morgan fingerprint density at radius 2 is 1.62 bits per heavy atom. The summed E-state index contributed by atoms with van der Waals surface area (Å²) < 4.78 is 37.1. The number of amidine groups is 1. The summed E-state index contributed by atoms with van der Waals surface area (Å²) in [5.41, 5.74) is 3.94. The van der Waals surface area contributed by atoms with Crippen LogP contribution in [0.1, 0.15) is 25.2 Å². The molecule has 1 heterocycles. The van der Waals surface area contributed by atoms with Crippen molar-refractivity contribution in [3.05, 3.63) is 17.5 Å². The highest BCUT2D eigenvalue weighted by Gasteiger charge is 2.34. The third kappa shape index (κ3) is 11.0. The number of hydrogen-bond acceptors (Lipinski definition) is 4. The summed E-state index contributed by atoms with van der Waals surface area (Å²) in [6.45, 7) is 2.17. The summed E-state index contributed by atoms with van der Waals surface area (Å²) >= 11 is 0. The number of carbonyl (C=O) groups is 2. The molecule has 0 radical (unpaired) electrons. The molecule has 0 spiro atoms. The van der Waals surface area contributed by atoms with E-state index in [1.807, 2.05) is 0 Å². The van der Waals surface area contributed by atoms with Crippen molar-refractivity contribution < 1.29 is 33.0 Å². The van der Waals surface area contributed by atoms with Crippen LogP contribution in [0.5, 0.6) is 0 Å². The fourth-order valence-electron chi connectivity index (χ4n) is 0.858. The van der Waals surface area contributed by atoms with Crippen molar-refractivity contribution in [2.75, 3.05) is 0 Å². The molecule has 1 aromatic rings. The molecule has 0 atom stereocenters. The second-order valence-corrected chi connectivity index (χ2v) is 3.49. The number of hydrogen-bond donors (Lipinski definition) is 4. The van der Waals surface area contributed by atoms with Crippen LogP contribution in [0.15, 0.2) is 6.07 Å². The van der Waals surface area contributed by atoms with Crippen LogP contribution < -0.4 is 5.73 Å². The summed E-state index contributed by atoms with van der Waals surface area (Å²) in [7, 11) is 1.30. The third-order valence-electron chi connectivity index (χ3n) is 1.45. The zero-order valence-corrected chi connectivity index (χ0v) is 11.4. The van der Waals surface area contributed by atoms with Crippen LogP contribution in [-0.4, -0.2) is 37.8 Å². The molecule has 0 aliphatic rings. The van der Waals surface area contributed by atoms with E-state index in [9.17, 15) is 13.2 Å². The summed E-state index contributed by atoms with van der Waals surface area (Å²) in [5.74, 6) is -2.11. The van der Waals surface area contributed by atoms with E-state index in [4.69, 9.17) is 30.9 Å². The molecule has 21 heavy (non-hydrogen) atoms. The third-order valence-corrected chi connectivity index (χ3v) is 1.45. The molecule has 0 aliphatic carbocycles. The Bertz CT molecular complexity index is 491. The van der Waals surface area contributed by atoms with Crippen LogP contribution in [0.4, 0.5) is 13.2 Å². The van der Waals surface area contributed by atoms with Gasteiger partial charge in [-0.05, 0) is 6.07 Å². The maximum absolute atomic E-state index is 12.1. The lowest BCUT2D eigenvalue weighted by Crippen LogP contribution is -2.15. The first-order valence-corrected chi connectivity index (χ1v) is 5.13. The molecule has 0 saturated carbocycles. The highest BCUT2D eigenvalue weighted by molar-refractivity contribution is 5.93.